The summed E-state index contributed by atoms with van der Waals surface area (Å²) in [6, 6.07) is 57.3. The fraction of sp³-hybridized carbons (Fsp3) is 0.270. The molecular weight excluding hydrogens is 826 g/mol. The third-order valence-corrected chi connectivity index (χ3v) is 15.7. The molecule has 0 radical (unpaired) electrons. The third kappa shape index (κ3) is 6.41. The zero-order chi connectivity index (χ0) is 47.2. The number of hydrogen-bond donors (Lipinski definition) is 0. The van der Waals surface area contributed by atoms with E-state index in [0.717, 1.165) is 41.1 Å². The van der Waals surface area contributed by atoms with Gasteiger partial charge in [0.1, 0.15) is 5.58 Å². The van der Waals surface area contributed by atoms with Gasteiger partial charge >= 0.3 is 0 Å². The first-order chi connectivity index (χ1) is 32.4. The lowest BCUT2D eigenvalue weighted by molar-refractivity contribution is 0.324. The van der Waals surface area contributed by atoms with Crippen LogP contribution in [0.5, 0.6) is 0 Å². The van der Waals surface area contributed by atoms with Crippen LogP contribution in [-0.2, 0) is 21.7 Å². The second-order valence-electron chi connectivity index (χ2n) is 23.4. The van der Waals surface area contributed by atoms with Gasteiger partial charge in [0.2, 0.25) is 5.88 Å². The molecule has 3 aliphatic rings. The lowest BCUT2D eigenvalue weighted by Crippen LogP contribution is -2.61. The van der Waals surface area contributed by atoms with E-state index in [1.54, 1.807) is 0 Å². The molecule has 0 fully saturated rings. The van der Waals surface area contributed by atoms with Crippen LogP contribution in [0.15, 0.2) is 156 Å². The molecule has 0 N–H and O–H groups in total. The summed E-state index contributed by atoms with van der Waals surface area (Å²) in [5, 5.41) is 2.51. The van der Waals surface area contributed by atoms with Crippen molar-refractivity contribution < 1.29 is 4.42 Å². The average molecular weight is 888 g/mol. The topological polar surface area (TPSA) is 24.6 Å². The van der Waals surface area contributed by atoms with Gasteiger partial charge in [-0.25, -0.2) is 0 Å². The van der Waals surface area contributed by atoms with E-state index in [-0.39, 0.29) is 28.4 Å². The Hall–Kier alpha value is -6.72. The largest absolute Gasteiger partial charge is 0.440 e. The highest BCUT2D eigenvalue weighted by Gasteiger charge is 2.48. The lowest BCUT2D eigenvalue weighted by Gasteiger charge is -2.43. The van der Waals surface area contributed by atoms with Gasteiger partial charge in [-0.1, -0.05) is 160 Å². The van der Waals surface area contributed by atoms with Crippen LogP contribution < -0.4 is 26.2 Å². The predicted octanol–water partition coefficient (Wildman–Crippen LogP) is 15.4. The van der Waals surface area contributed by atoms with Gasteiger partial charge in [0.05, 0.1) is 5.52 Å². The number of aromatic nitrogens is 1. The maximum absolute atomic E-state index is 7.17. The van der Waals surface area contributed by atoms with Crippen molar-refractivity contribution in [1.82, 2.24) is 4.57 Å². The monoisotopic (exact) mass is 887 g/mol. The molecule has 0 spiro atoms. The molecule has 1 aliphatic carbocycles. The van der Waals surface area contributed by atoms with Gasteiger partial charge in [0.15, 0.2) is 0 Å². The molecule has 0 atom stereocenters. The Labute approximate surface area is 403 Å². The van der Waals surface area contributed by atoms with Crippen LogP contribution >= 0.6 is 0 Å². The highest BCUT2D eigenvalue weighted by atomic mass is 16.4. The molecule has 68 heavy (non-hydrogen) atoms. The first kappa shape index (κ1) is 42.6. The van der Waals surface area contributed by atoms with Crippen LogP contribution in [0, 0.1) is 6.92 Å². The minimum absolute atomic E-state index is 0.0233. The van der Waals surface area contributed by atoms with E-state index in [1.807, 2.05) is 0 Å². The Morgan fingerprint density at radius 3 is 1.69 bits per heavy atom. The van der Waals surface area contributed by atoms with Crippen molar-refractivity contribution in [1.29, 1.82) is 0 Å². The first-order valence-electron chi connectivity index (χ1n) is 24.8. The Morgan fingerprint density at radius 2 is 1.06 bits per heavy atom. The zero-order valence-corrected chi connectivity index (χ0v) is 41.7. The highest BCUT2D eigenvalue weighted by Crippen LogP contribution is 2.53. The molecule has 338 valence electrons. The summed E-state index contributed by atoms with van der Waals surface area (Å²) < 4.78 is 9.81. The zero-order valence-electron chi connectivity index (χ0n) is 41.7. The number of anilines is 6. The van der Waals surface area contributed by atoms with Crippen LogP contribution in [0.3, 0.4) is 0 Å². The van der Waals surface area contributed by atoms with Crippen molar-refractivity contribution in [2.45, 2.75) is 111 Å². The SMILES string of the molecule is Cc1cc2c3c(c1)N(c1ccc(C(C)(C)C)cc1)c1oc4ccccc4c1B3c1cc3c4c(n(-c5ccc(-c6ccccc6)cc5)c3cc1N2c1ccc(C(C)(C)C)cc1)C(C)(C)CCC4(C)C. The summed E-state index contributed by atoms with van der Waals surface area (Å²) >= 11 is 0. The molecular formula is C63H62BN3O. The van der Waals surface area contributed by atoms with E-state index in [9.17, 15) is 0 Å². The average Bonchev–Trinajstić information content (AvgIpc) is 3.87. The Balaban J connectivity index is 1.19. The molecule has 12 rings (SSSR count). The van der Waals surface area contributed by atoms with Crippen molar-refractivity contribution >= 4 is 79.3 Å². The number of furan rings is 1. The number of aryl methyl sites for hydroxylation is 1. The number of fused-ring (bicyclic) bond motifs is 9. The Bertz CT molecular complexity index is 3470. The number of hydrogen-bond acceptors (Lipinski definition) is 3. The van der Waals surface area contributed by atoms with E-state index >= 15 is 0 Å². The summed E-state index contributed by atoms with van der Waals surface area (Å²) in [5.74, 6) is 0.900. The summed E-state index contributed by atoms with van der Waals surface area (Å²) in [6.07, 6.45) is 2.24. The van der Waals surface area contributed by atoms with Crippen LogP contribution in [-0.4, -0.2) is 11.3 Å². The van der Waals surface area contributed by atoms with E-state index in [0.29, 0.717) is 0 Å². The minimum Gasteiger partial charge on any atom is -0.440 e. The summed E-state index contributed by atoms with van der Waals surface area (Å²) in [5.41, 5.74) is 22.2. The second-order valence-corrected chi connectivity index (χ2v) is 23.4. The number of para-hydroxylation sites is 1. The molecule has 9 aromatic rings. The number of rotatable bonds is 4. The Morgan fingerprint density at radius 1 is 0.515 bits per heavy atom. The van der Waals surface area contributed by atoms with Gasteiger partial charge in [-0.2, -0.15) is 0 Å². The normalized spacial score (nSPS) is 15.9. The molecule has 2 aliphatic heterocycles. The predicted molar refractivity (Wildman–Crippen MR) is 290 cm³/mol. The maximum Gasteiger partial charge on any atom is 0.257 e. The molecule has 0 saturated heterocycles. The lowest BCUT2D eigenvalue weighted by atomic mass is 9.33. The number of nitrogens with zero attached hydrogens (tertiary/aromatic N) is 3. The van der Waals surface area contributed by atoms with Gasteiger partial charge in [-0.05, 0) is 141 Å². The summed E-state index contributed by atoms with van der Waals surface area (Å²) in [4.78, 5) is 5.00. The fourth-order valence-electron chi connectivity index (χ4n) is 12.0. The van der Waals surface area contributed by atoms with Crippen LogP contribution in [0.1, 0.15) is 110 Å². The van der Waals surface area contributed by atoms with Crippen molar-refractivity contribution in [3.05, 3.63) is 180 Å². The minimum atomic E-state index is -0.0854. The van der Waals surface area contributed by atoms with Gasteiger partial charge < -0.3 is 13.9 Å². The van der Waals surface area contributed by atoms with Crippen molar-refractivity contribution in [2.24, 2.45) is 0 Å². The standard InChI is InChI=1S/C63H62BN3O/c1-39-35-52-57-53(36-39)67(46-31-25-43(26-32-46)61(5,6)7)59-56(47-19-15-16-20-54(47)68-59)64(57)49-37-48-50(38-51(49)65(52)44-29-23-42(24-30-44)60(2,3)4)66(58-55(48)62(8,9)33-34-63(58,10)11)45-27-21-41(22-28-45)40-17-13-12-14-18-40/h12-32,35-38H,33-34H2,1-11H3. The van der Waals surface area contributed by atoms with Crippen LogP contribution in [0.2, 0.25) is 0 Å². The summed E-state index contributed by atoms with van der Waals surface area (Å²) in [6.45, 7) is 25.8. The van der Waals surface area contributed by atoms with Gasteiger partial charge in [0.25, 0.3) is 6.71 Å². The third-order valence-electron chi connectivity index (χ3n) is 15.7. The van der Waals surface area contributed by atoms with E-state index in [2.05, 4.69) is 242 Å². The Kier molecular flexibility index (Phi) is 9.18. The molecule has 4 heterocycles. The number of benzene rings is 7. The first-order valence-corrected chi connectivity index (χ1v) is 24.8. The van der Waals surface area contributed by atoms with Crippen LogP contribution in [0.4, 0.5) is 34.3 Å². The molecule has 7 aromatic carbocycles. The van der Waals surface area contributed by atoms with Gasteiger partial charge in [0, 0.05) is 61.5 Å². The molecule has 0 amide bonds. The molecule has 4 nitrogen and oxygen atoms in total. The van der Waals surface area contributed by atoms with E-state index in [4.69, 9.17) is 4.42 Å². The molecule has 0 saturated carbocycles. The molecule has 2 aromatic heterocycles. The van der Waals surface area contributed by atoms with Gasteiger partial charge in [-0.3, -0.25) is 4.90 Å². The summed E-state index contributed by atoms with van der Waals surface area (Å²) in [7, 11) is 0. The molecule has 5 heteroatoms. The molecule has 0 unspecified atom stereocenters. The van der Waals surface area contributed by atoms with Crippen molar-refractivity contribution in [3.63, 3.8) is 0 Å². The van der Waals surface area contributed by atoms with E-state index < -0.39 is 0 Å². The smallest absolute Gasteiger partial charge is 0.257 e. The van der Waals surface area contributed by atoms with Gasteiger partial charge in [-0.15, -0.1) is 0 Å². The van der Waals surface area contributed by atoms with Crippen LogP contribution in [0.25, 0.3) is 38.7 Å². The van der Waals surface area contributed by atoms with E-state index in [1.165, 1.54) is 89.1 Å². The van der Waals surface area contributed by atoms with Crippen molar-refractivity contribution in [2.75, 3.05) is 9.80 Å². The highest BCUT2D eigenvalue weighted by molar-refractivity contribution is 7.01. The molecule has 0 bridgehead atoms. The van der Waals surface area contributed by atoms with Crippen molar-refractivity contribution in [3.8, 4) is 16.8 Å². The fourth-order valence-corrected chi connectivity index (χ4v) is 12.0. The maximum atomic E-state index is 7.17. The second kappa shape index (κ2) is 14.6. The quantitative estimate of drug-likeness (QED) is 0.165.